The minimum atomic E-state index is -3.68. The van der Waals surface area contributed by atoms with Gasteiger partial charge in [0, 0.05) is 37.7 Å². The predicted molar refractivity (Wildman–Crippen MR) is 114 cm³/mol. The molecule has 0 atom stereocenters. The number of benzene rings is 1. The molecule has 0 unspecified atom stereocenters. The molecule has 168 valence electrons. The molecule has 1 fully saturated rings. The van der Waals surface area contributed by atoms with Gasteiger partial charge in [-0.2, -0.15) is 4.31 Å². The van der Waals surface area contributed by atoms with Crippen molar-refractivity contribution in [3.8, 4) is 5.75 Å². The summed E-state index contributed by atoms with van der Waals surface area (Å²) in [4.78, 5) is 14.7. The van der Waals surface area contributed by atoms with Gasteiger partial charge in [-0.15, -0.1) is 0 Å². The standard InChI is InChI=1S/C22H29N3O5S/c1-16(2)13-25-14-22(15-29-19-6-4-5-7-20(19)31(25,27)28)8-10-24(11-9-22)21(26)18-12-17(3)30-23-18/h4-7,12,16H,8-11,13-15H2,1-3H3. The fraction of sp³-hybridized carbons (Fsp3) is 0.545. The zero-order valence-corrected chi connectivity index (χ0v) is 19.0. The maximum atomic E-state index is 13.5. The molecule has 4 rings (SSSR count). The number of fused-ring (bicyclic) bond motifs is 1. The molecule has 0 bridgehead atoms. The lowest BCUT2D eigenvalue weighted by Crippen LogP contribution is -2.53. The molecular formula is C22H29N3O5S. The van der Waals surface area contributed by atoms with Crippen LogP contribution in [0.5, 0.6) is 5.75 Å². The van der Waals surface area contributed by atoms with E-state index < -0.39 is 10.0 Å². The average Bonchev–Trinajstić information content (AvgIpc) is 3.17. The fourth-order valence-electron chi connectivity index (χ4n) is 4.34. The van der Waals surface area contributed by atoms with Crippen LogP contribution in [0.15, 0.2) is 39.8 Å². The Morgan fingerprint density at radius 2 is 1.94 bits per heavy atom. The molecule has 1 aromatic heterocycles. The number of nitrogens with zero attached hydrogens (tertiary/aromatic N) is 3. The molecule has 0 saturated carbocycles. The number of hydrogen-bond acceptors (Lipinski definition) is 6. The van der Waals surface area contributed by atoms with Crippen LogP contribution in [0.4, 0.5) is 0 Å². The molecule has 8 nitrogen and oxygen atoms in total. The van der Waals surface area contributed by atoms with E-state index in [1.165, 1.54) is 0 Å². The SMILES string of the molecule is Cc1cc(C(=O)N2CCC3(CC2)COc2ccccc2S(=O)(=O)N(CC(C)C)C3)no1. The van der Waals surface area contributed by atoms with Crippen molar-refractivity contribution in [2.75, 3.05) is 32.8 Å². The quantitative estimate of drug-likeness (QED) is 0.718. The number of rotatable bonds is 3. The van der Waals surface area contributed by atoms with Gasteiger partial charge in [0.15, 0.2) is 5.69 Å². The Bertz CT molecular complexity index is 1050. The zero-order chi connectivity index (χ0) is 22.2. The highest BCUT2D eigenvalue weighted by Gasteiger charge is 2.43. The summed E-state index contributed by atoms with van der Waals surface area (Å²) < 4.78 is 39.6. The van der Waals surface area contributed by atoms with Gasteiger partial charge in [0.1, 0.15) is 16.4 Å². The number of aryl methyl sites for hydroxylation is 1. The van der Waals surface area contributed by atoms with E-state index in [9.17, 15) is 13.2 Å². The van der Waals surface area contributed by atoms with Gasteiger partial charge in [-0.3, -0.25) is 4.79 Å². The average molecular weight is 448 g/mol. The summed E-state index contributed by atoms with van der Waals surface area (Å²) in [7, 11) is -3.68. The van der Waals surface area contributed by atoms with Crippen LogP contribution in [0, 0.1) is 18.3 Å². The number of carbonyl (C=O) groups is 1. The first kappa shape index (κ1) is 21.8. The minimum Gasteiger partial charge on any atom is -0.492 e. The number of ether oxygens (including phenoxy) is 1. The first-order chi connectivity index (χ1) is 14.7. The molecule has 2 aliphatic heterocycles. The third kappa shape index (κ3) is 4.34. The molecule has 0 aliphatic carbocycles. The lowest BCUT2D eigenvalue weighted by molar-refractivity contribution is 0.0285. The Kier molecular flexibility index (Phi) is 5.83. The summed E-state index contributed by atoms with van der Waals surface area (Å²) in [6.07, 6.45) is 1.31. The number of amides is 1. The second kappa shape index (κ2) is 8.27. The molecule has 9 heteroatoms. The van der Waals surface area contributed by atoms with Gasteiger partial charge >= 0.3 is 0 Å². The highest BCUT2D eigenvalue weighted by Crippen LogP contribution is 2.39. The molecule has 0 radical (unpaired) electrons. The van der Waals surface area contributed by atoms with Gasteiger partial charge in [0.2, 0.25) is 10.0 Å². The fourth-order valence-corrected chi connectivity index (χ4v) is 6.19. The third-order valence-corrected chi connectivity index (χ3v) is 7.89. The first-order valence-electron chi connectivity index (χ1n) is 10.6. The highest BCUT2D eigenvalue weighted by molar-refractivity contribution is 7.89. The van der Waals surface area contributed by atoms with E-state index in [0.717, 1.165) is 0 Å². The number of piperidine rings is 1. The van der Waals surface area contributed by atoms with Crippen LogP contribution in [0.3, 0.4) is 0 Å². The van der Waals surface area contributed by atoms with Crippen LogP contribution >= 0.6 is 0 Å². The van der Waals surface area contributed by atoms with Crippen molar-refractivity contribution in [2.24, 2.45) is 11.3 Å². The molecule has 2 aromatic rings. The van der Waals surface area contributed by atoms with E-state index >= 15 is 0 Å². The molecule has 1 spiro atoms. The van der Waals surface area contributed by atoms with E-state index in [2.05, 4.69) is 5.16 Å². The summed E-state index contributed by atoms with van der Waals surface area (Å²) in [6.45, 7) is 8.07. The Hall–Kier alpha value is -2.39. The Balaban J connectivity index is 1.58. The number of carbonyl (C=O) groups excluding carboxylic acids is 1. The summed E-state index contributed by atoms with van der Waals surface area (Å²) in [6, 6.07) is 8.47. The predicted octanol–water partition coefficient (Wildman–Crippen LogP) is 2.94. The Morgan fingerprint density at radius 1 is 1.23 bits per heavy atom. The lowest BCUT2D eigenvalue weighted by atomic mass is 9.78. The normalized spacial score (nSPS) is 20.7. The van der Waals surface area contributed by atoms with E-state index in [1.807, 2.05) is 13.8 Å². The van der Waals surface area contributed by atoms with Crippen molar-refractivity contribution in [2.45, 2.75) is 38.5 Å². The highest BCUT2D eigenvalue weighted by atomic mass is 32.2. The molecule has 2 aliphatic rings. The minimum absolute atomic E-state index is 0.157. The maximum Gasteiger partial charge on any atom is 0.276 e. The van der Waals surface area contributed by atoms with E-state index in [0.29, 0.717) is 62.8 Å². The van der Waals surface area contributed by atoms with Gasteiger partial charge in [-0.1, -0.05) is 31.1 Å². The van der Waals surface area contributed by atoms with E-state index in [-0.39, 0.29) is 22.1 Å². The zero-order valence-electron chi connectivity index (χ0n) is 18.2. The summed E-state index contributed by atoms with van der Waals surface area (Å²) in [5.41, 5.74) is -0.0493. The van der Waals surface area contributed by atoms with Crippen molar-refractivity contribution in [1.82, 2.24) is 14.4 Å². The van der Waals surface area contributed by atoms with Crippen LogP contribution in [0.2, 0.25) is 0 Å². The molecule has 1 saturated heterocycles. The monoisotopic (exact) mass is 447 g/mol. The van der Waals surface area contributed by atoms with Crippen molar-refractivity contribution in [3.63, 3.8) is 0 Å². The van der Waals surface area contributed by atoms with Crippen LogP contribution in [-0.4, -0.2) is 61.5 Å². The third-order valence-electron chi connectivity index (χ3n) is 6.04. The van der Waals surface area contributed by atoms with E-state index in [1.54, 1.807) is 46.5 Å². The first-order valence-corrected chi connectivity index (χ1v) is 12.1. The van der Waals surface area contributed by atoms with Crippen LogP contribution in [0.1, 0.15) is 42.9 Å². The summed E-state index contributed by atoms with van der Waals surface area (Å²) >= 11 is 0. The molecular weight excluding hydrogens is 418 g/mol. The topological polar surface area (TPSA) is 93.0 Å². The molecule has 3 heterocycles. The van der Waals surface area contributed by atoms with Crippen molar-refractivity contribution >= 4 is 15.9 Å². The van der Waals surface area contributed by atoms with Crippen molar-refractivity contribution in [3.05, 3.63) is 41.8 Å². The van der Waals surface area contributed by atoms with Gasteiger partial charge in [-0.25, -0.2) is 8.42 Å². The molecule has 0 N–H and O–H groups in total. The van der Waals surface area contributed by atoms with E-state index in [4.69, 9.17) is 9.26 Å². The molecule has 1 aromatic carbocycles. The van der Waals surface area contributed by atoms with Crippen molar-refractivity contribution < 1.29 is 22.5 Å². The molecule has 1 amide bonds. The van der Waals surface area contributed by atoms with Crippen molar-refractivity contribution in [1.29, 1.82) is 0 Å². The van der Waals surface area contributed by atoms with Crippen LogP contribution in [0.25, 0.3) is 0 Å². The summed E-state index contributed by atoms with van der Waals surface area (Å²) in [5.74, 6) is 1.03. The number of sulfonamides is 1. The lowest BCUT2D eigenvalue weighted by Gasteiger charge is -2.45. The number of likely N-dealkylation sites (tertiary alicyclic amines) is 1. The maximum absolute atomic E-state index is 13.5. The van der Waals surface area contributed by atoms with Gasteiger partial charge < -0.3 is 14.2 Å². The van der Waals surface area contributed by atoms with Gasteiger partial charge in [0.05, 0.1) is 6.61 Å². The smallest absolute Gasteiger partial charge is 0.276 e. The second-order valence-corrected chi connectivity index (χ2v) is 10.9. The second-order valence-electron chi connectivity index (χ2n) is 9.04. The Labute approximate surface area is 183 Å². The summed E-state index contributed by atoms with van der Waals surface area (Å²) in [5, 5.41) is 3.83. The van der Waals surface area contributed by atoms with Crippen LogP contribution < -0.4 is 4.74 Å². The Morgan fingerprint density at radius 3 is 2.58 bits per heavy atom. The number of hydrogen-bond donors (Lipinski definition) is 0. The number of para-hydroxylation sites is 1. The number of aromatic nitrogens is 1. The van der Waals surface area contributed by atoms with Gasteiger partial charge in [-0.05, 0) is 37.8 Å². The molecule has 31 heavy (non-hydrogen) atoms. The van der Waals surface area contributed by atoms with Crippen LogP contribution in [-0.2, 0) is 10.0 Å². The van der Waals surface area contributed by atoms with Gasteiger partial charge in [0.25, 0.3) is 5.91 Å². The largest absolute Gasteiger partial charge is 0.492 e.